The molecule has 5 atom stereocenters. The molecule has 0 aromatic heterocycles. The zero-order chi connectivity index (χ0) is 17.7. The van der Waals surface area contributed by atoms with Crippen LogP contribution in [0.5, 0.6) is 0 Å². The molecule has 0 radical (unpaired) electrons. The Bertz CT molecular complexity index is 456. The molecule has 1 heterocycles. The van der Waals surface area contributed by atoms with Crippen molar-refractivity contribution in [1.29, 1.82) is 0 Å². The summed E-state index contributed by atoms with van der Waals surface area (Å²) < 4.78 is 46.2. The molecule has 0 aliphatic carbocycles. The van der Waals surface area contributed by atoms with Crippen LogP contribution in [0, 0.1) is 0 Å². The van der Waals surface area contributed by atoms with Gasteiger partial charge in [0.2, 0.25) is 0 Å². The Kier molecular flexibility index (Phi) is 8.26. The monoisotopic (exact) mass is 378 g/mol. The van der Waals surface area contributed by atoms with Crippen molar-refractivity contribution in [3.8, 4) is 0 Å². The van der Waals surface area contributed by atoms with Crippen molar-refractivity contribution in [3.63, 3.8) is 0 Å². The first kappa shape index (κ1) is 21.1. The molecule has 1 aliphatic rings. The molecule has 23 heavy (non-hydrogen) atoms. The number of aliphatic hydroxyl groups is 2. The van der Waals surface area contributed by atoms with Gasteiger partial charge in [-0.05, 0) is 20.3 Å². The van der Waals surface area contributed by atoms with E-state index in [2.05, 4.69) is 18.1 Å². The van der Waals surface area contributed by atoms with Gasteiger partial charge in [0.25, 0.3) is 15.6 Å². The Labute approximate surface area is 133 Å². The molecule has 1 rings (SSSR count). The summed E-state index contributed by atoms with van der Waals surface area (Å²) >= 11 is 0. The van der Waals surface area contributed by atoms with Gasteiger partial charge < -0.3 is 38.3 Å². The van der Waals surface area contributed by atoms with Gasteiger partial charge in [-0.15, -0.1) is 0 Å². The first-order valence-electron chi connectivity index (χ1n) is 6.78. The van der Waals surface area contributed by atoms with Crippen LogP contribution in [-0.2, 0) is 32.0 Å². The van der Waals surface area contributed by atoms with Gasteiger partial charge in [0.05, 0.1) is 19.3 Å². The first-order chi connectivity index (χ1) is 10.6. The van der Waals surface area contributed by atoms with Crippen LogP contribution in [0.2, 0.25) is 0 Å². The van der Waals surface area contributed by atoms with Gasteiger partial charge in [0, 0.05) is 6.61 Å². The van der Waals surface area contributed by atoms with Crippen molar-refractivity contribution >= 4 is 15.6 Å². The van der Waals surface area contributed by atoms with Crippen molar-refractivity contribution in [3.05, 3.63) is 0 Å². The van der Waals surface area contributed by atoms with E-state index in [4.69, 9.17) is 9.84 Å². The van der Waals surface area contributed by atoms with Gasteiger partial charge in [0.1, 0.15) is 12.2 Å². The van der Waals surface area contributed by atoms with E-state index in [0.29, 0.717) is 0 Å². The molecule has 13 heteroatoms. The highest BCUT2D eigenvalue weighted by Gasteiger charge is 2.42. The van der Waals surface area contributed by atoms with Crippen LogP contribution in [0.25, 0.3) is 0 Å². The molecule has 0 aromatic rings. The van der Waals surface area contributed by atoms with Crippen LogP contribution in [0.1, 0.15) is 20.3 Å². The van der Waals surface area contributed by atoms with Gasteiger partial charge in [-0.3, -0.25) is 13.7 Å². The highest BCUT2D eigenvalue weighted by Crippen LogP contribution is 2.47. The minimum absolute atomic E-state index is 0.0528. The van der Waals surface area contributed by atoms with Crippen LogP contribution < -0.4 is 9.79 Å². The highest BCUT2D eigenvalue weighted by atomic mass is 31.2. The third-order valence-corrected chi connectivity index (χ3v) is 4.60. The second-order valence-corrected chi connectivity index (χ2v) is 7.58. The zero-order valence-electron chi connectivity index (χ0n) is 12.6. The van der Waals surface area contributed by atoms with E-state index < -0.39 is 46.9 Å². The fourth-order valence-electron chi connectivity index (χ4n) is 1.61. The van der Waals surface area contributed by atoms with Crippen molar-refractivity contribution in [2.24, 2.45) is 0 Å². The van der Waals surface area contributed by atoms with Crippen LogP contribution in [-0.4, -0.2) is 54.6 Å². The smallest absolute Gasteiger partial charge is 0.270 e. The third-order valence-electron chi connectivity index (χ3n) is 2.45. The Balaban J connectivity index is 2.67. The Hall–Kier alpha value is 0.1000. The van der Waals surface area contributed by atoms with Crippen molar-refractivity contribution in [2.45, 2.75) is 44.9 Å². The summed E-state index contributed by atoms with van der Waals surface area (Å²) in [4.78, 5) is 23.2. The van der Waals surface area contributed by atoms with E-state index in [1.54, 1.807) is 0 Å². The van der Waals surface area contributed by atoms with E-state index in [1.807, 2.05) is 0 Å². The van der Waals surface area contributed by atoms with E-state index in [1.165, 1.54) is 13.8 Å². The van der Waals surface area contributed by atoms with Gasteiger partial charge in [0.15, 0.2) is 6.29 Å². The zero-order valence-corrected chi connectivity index (χ0v) is 14.4. The summed E-state index contributed by atoms with van der Waals surface area (Å²) in [5.41, 5.74) is 0. The molecular weight excluding hydrogens is 358 g/mol. The topological polar surface area (TPSA) is 167 Å². The normalized spacial score (nSPS) is 30.3. The number of phosphoric acid groups is 2. The SMILES string of the molecule is CC(C)OP(=O)([O-])O[C@H]1OC[C@H](O)[C@@H]1OP(=O)([O-])OCCCO. The van der Waals surface area contributed by atoms with Crippen molar-refractivity contribution in [2.75, 3.05) is 19.8 Å². The van der Waals surface area contributed by atoms with Gasteiger partial charge in [-0.2, -0.15) is 0 Å². The lowest BCUT2D eigenvalue weighted by Gasteiger charge is -2.32. The number of ether oxygens (including phenoxy) is 1. The minimum Gasteiger partial charge on any atom is -0.756 e. The van der Waals surface area contributed by atoms with Crippen LogP contribution >= 0.6 is 15.6 Å². The number of rotatable bonds is 10. The van der Waals surface area contributed by atoms with E-state index in [9.17, 15) is 24.0 Å². The van der Waals surface area contributed by atoms with Crippen molar-refractivity contribution in [1.82, 2.24) is 0 Å². The molecule has 1 aliphatic heterocycles. The average Bonchev–Trinajstić information content (AvgIpc) is 2.69. The van der Waals surface area contributed by atoms with E-state index in [0.717, 1.165) is 0 Å². The molecule has 1 saturated heterocycles. The summed E-state index contributed by atoms with van der Waals surface area (Å²) in [7, 11) is -9.64. The average molecular weight is 378 g/mol. The minimum atomic E-state index is -4.85. The molecule has 0 bridgehead atoms. The molecule has 0 amide bonds. The van der Waals surface area contributed by atoms with Gasteiger partial charge in [-0.25, -0.2) is 0 Å². The summed E-state index contributed by atoms with van der Waals surface area (Å²) in [6.07, 6.45) is -5.42. The van der Waals surface area contributed by atoms with E-state index in [-0.39, 0.29) is 19.6 Å². The lowest BCUT2D eigenvalue weighted by molar-refractivity contribution is -0.258. The molecule has 138 valence electrons. The number of hydrogen-bond donors (Lipinski definition) is 2. The maximum absolute atomic E-state index is 11.6. The Morgan fingerprint density at radius 3 is 2.48 bits per heavy atom. The fourth-order valence-corrected chi connectivity index (χ4v) is 3.56. The standard InChI is InChI=1S/C10H22O11P2/c1-7(2)19-23(15,16)21-10-9(8(12)6-17-10)20-22(13,14)18-5-3-4-11/h7-12H,3-6H2,1-2H3,(H,13,14)(H,15,16)/p-2/t8-,9-,10+/m0/s1. The molecule has 2 N–H and O–H groups in total. The van der Waals surface area contributed by atoms with Gasteiger partial charge in [-0.1, -0.05) is 0 Å². The number of hydrogen-bond acceptors (Lipinski definition) is 11. The molecule has 0 aromatic carbocycles. The fraction of sp³-hybridized carbons (Fsp3) is 1.00. The maximum Gasteiger partial charge on any atom is 0.270 e. The summed E-state index contributed by atoms with van der Waals surface area (Å²) in [5.74, 6) is 0. The lowest BCUT2D eigenvalue weighted by atomic mass is 10.2. The summed E-state index contributed by atoms with van der Waals surface area (Å²) in [6, 6.07) is 0. The largest absolute Gasteiger partial charge is 0.756 e. The van der Waals surface area contributed by atoms with Crippen molar-refractivity contribution < 1.29 is 52.0 Å². The van der Waals surface area contributed by atoms with Crippen LogP contribution in [0.15, 0.2) is 0 Å². The first-order valence-corrected chi connectivity index (χ1v) is 9.71. The highest BCUT2D eigenvalue weighted by molar-refractivity contribution is 7.46. The lowest BCUT2D eigenvalue weighted by Crippen LogP contribution is -2.36. The molecule has 1 fully saturated rings. The predicted octanol–water partition coefficient (Wildman–Crippen LogP) is -1.13. The Morgan fingerprint density at radius 1 is 1.26 bits per heavy atom. The Morgan fingerprint density at radius 2 is 1.91 bits per heavy atom. The second-order valence-electron chi connectivity index (χ2n) is 4.90. The summed E-state index contributed by atoms with van der Waals surface area (Å²) in [6.45, 7) is 1.89. The molecular formula is C10H20O11P2-2. The molecule has 2 unspecified atom stereocenters. The number of phosphoric ester groups is 2. The predicted molar refractivity (Wildman–Crippen MR) is 70.8 cm³/mol. The molecule has 11 nitrogen and oxygen atoms in total. The third kappa shape index (κ3) is 7.68. The van der Waals surface area contributed by atoms with Crippen LogP contribution in [0.3, 0.4) is 0 Å². The van der Waals surface area contributed by atoms with Gasteiger partial charge >= 0.3 is 0 Å². The summed E-state index contributed by atoms with van der Waals surface area (Å²) in [5, 5.41) is 18.2. The second kappa shape index (κ2) is 8.98. The maximum atomic E-state index is 11.6. The quantitative estimate of drug-likeness (QED) is 0.348. The van der Waals surface area contributed by atoms with Crippen LogP contribution in [0.4, 0.5) is 0 Å². The molecule has 0 spiro atoms. The number of aliphatic hydroxyl groups excluding tert-OH is 2. The van der Waals surface area contributed by atoms with E-state index >= 15 is 0 Å². The molecule has 0 saturated carbocycles.